The minimum atomic E-state index is -2.11. The zero-order valence-electron chi connectivity index (χ0n) is 8.34. The Morgan fingerprint density at radius 3 is 2.31 bits per heavy atom. The fourth-order valence-electron chi connectivity index (χ4n) is 1.83. The average Bonchev–Trinajstić information content (AvgIpc) is 2.30. The fourth-order valence-corrected chi connectivity index (χ4v) is 2.99. The van der Waals surface area contributed by atoms with Crippen molar-refractivity contribution in [2.75, 3.05) is 0 Å². The van der Waals surface area contributed by atoms with Crippen molar-refractivity contribution >= 4 is 30.3 Å². The van der Waals surface area contributed by atoms with Gasteiger partial charge < -0.3 is 4.52 Å². The Morgan fingerprint density at radius 2 is 1.50 bits per heavy atom. The third-order valence-electron chi connectivity index (χ3n) is 2.53. The van der Waals surface area contributed by atoms with Crippen LogP contribution in [0.4, 0.5) is 0 Å². The lowest BCUT2D eigenvalue weighted by molar-refractivity contribution is 0.513. The first-order chi connectivity index (χ1) is 7.36. The topological polar surface area (TPSA) is 26.3 Å². The highest BCUT2D eigenvalue weighted by Crippen LogP contribution is 2.41. The van der Waals surface area contributed by atoms with E-state index in [9.17, 15) is 4.57 Å². The van der Waals surface area contributed by atoms with Gasteiger partial charge in [0.15, 0.2) is 0 Å². The van der Waals surface area contributed by atoms with Gasteiger partial charge in [-0.2, -0.15) is 0 Å². The minimum absolute atomic E-state index is 0. The molecule has 1 atom stereocenters. The molecule has 1 heterocycles. The molecule has 2 nitrogen and oxygen atoms in total. The Morgan fingerprint density at radius 1 is 0.875 bits per heavy atom. The minimum Gasteiger partial charge on any atom is -0.441 e. The van der Waals surface area contributed by atoms with E-state index in [1.165, 1.54) is 0 Å². The summed E-state index contributed by atoms with van der Waals surface area (Å²) < 4.78 is 17.2. The molecule has 0 saturated carbocycles. The Kier molecular flexibility index (Phi) is 3.17. The molecule has 0 saturated heterocycles. The molecule has 0 amide bonds. The van der Waals surface area contributed by atoms with Crippen LogP contribution >= 0.6 is 25.0 Å². The van der Waals surface area contributed by atoms with Crippen LogP contribution in [0.25, 0.3) is 11.1 Å². The Balaban J connectivity index is 0.000000963. The van der Waals surface area contributed by atoms with Crippen LogP contribution in [0, 0.1) is 0 Å². The summed E-state index contributed by atoms with van der Waals surface area (Å²) in [6.07, 6.45) is 0. The maximum Gasteiger partial charge on any atom is 0.266 e. The Bertz CT molecular complexity index is 554. The van der Waals surface area contributed by atoms with E-state index in [0.717, 1.165) is 22.2 Å². The van der Waals surface area contributed by atoms with Gasteiger partial charge >= 0.3 is 0 Å². The summed E-state index contributed by atoms with van der Waals surface area (Å²) in [6, 6.07) is 15.4. The summed E-state index contributed by atoms with van der Waals surface area (Å²) in [6.45, 7) is 0. The van der Waals surface area contributed by atoms with Gasteiger partial charge in [0.05, 0.1) is 5.30 Å². The quantitative estimate of drug-likeness (QED) is 0.696. The van der Waals surface area contributed by atoms with Gasteiger partial charge in [0, 0.05) is 5.56 Å². The predicted octanol–water partition coefficient (Wildman–Crippen LogP) is 3.42. The van der Waals surface area contributed by atoms with Crippen LogP contribution < -0.4 is 9.83 Å². The van der Waals surface area contributed by atoms with Crippen molar-refractivity contribution in [3.05, 3.63) is 48.5 Å². The van der Waals surface area contributed by atoms with E-state index in [4.69, 9.17) is 4.52 Å². The lowest BCUT2D eigenvalue weighted by atomic mass is 10.0. The van der Waals surface area contributed by atoms with Gasteiger partial charge in [-0.3, -0.25) is 4.57 Å². The third kappa shape index (κ3) is 1.70. The molecule has 0 N–H and O–H groups in total. The molecule has 2 aromatic carbocycles. The first kappa shape index (κ1) is 11.4. The predicted molar refractivity (Wildman–Crippen MR) is 71.5 cm³/mol. The van der Waals surface area contributed by atoms with Crippen LogP contribution in [0.5, 0.6) is 5.75 Å². The van der Waals surface area contributed by atoms with E-state index >= 15 is 0 Å². The summed E-state index contributed by atoms with van der Waals surface area (Å²) in [5, 5.41) is 0.821. The van der Waals surface area contributed by atoms with Gasteiger partial charge in [-0.1, -0.05) is 36.4 Å². The molecule has 0 fully saturated rings. The van der Waals surface area contributed by atoms with E-state index in [2.05, 4.69) is 0 Å². The molecule has 0 bridgehead atoms. The van der Waals surface area contributed by atoms with Crippen molar-refractivity contribution in [2.45, 2.75) is 0 Å². The molecule has 0 radical (unpaired) electrons. The lowest BCUT2D eigenvalue weighted by Crippen LogP contribution is -2.09. The van der Waals surface area contributed by atoms with Gasteiger partial charge in [0.25, 0.3) is 8.03 Å². The van der Waals surface area contributed by atoms with Crippen LogP contribution in [-0.2, 0) is 4.57 Å². The monoisotopic (exact) mass is 296 g/mol. The summed E-state index contributed by atoms with van der Waals surface area (Å²) in [4.78, 5) is 0. The number of hydrogen-bond donors (Lipinski definition) is 0. The Labute approximate surface area is 105 Å². The normalized spacial score (nSPS) is 16.4. The zero-order valence-corrected chi connectivity index (χ0v) is 11.1. The van der Waals surface area contributed by atoms with Crippen molar-refractivity contribution in [2.24, 2.45) is 0 Å². The van der Waals surface area contributed by atoms with Crippen molar-refractivity contribution in [3.63, 3.8) is 0 Å². The van der Waals surface area contributed by atoms with Gasteiger partial charge in [-0.25, -0.2) is 0 Å². The molecule has 3 rings (SSSR count). The van der Waals surface area contributed by atoms with Crippen molar-refractivity contribution < 1.29 is 9.09 Å². The first-order valence-electron chi connectivity index (χ1n) is 4.77. The molecule has 1 aliphatic heterocycles. The smallest absolute Gasteiger partial charge is 0.266 e. The van der Waals surface area contributed by atoms with E-state index in [0.29, 0.717) is 0 Å². The molecule has 1 unspecified atom stereocenters. The lowest BCUT2D eigenvalue weighted by Gasteiger charge is -2.19. The largest absolute Gasteiger partial charge is 0.441 e. The molecular formula is C12H10BrO2P. The molecule has 4 heteroatoms. The number of halogens is 1. The third-order valence-corrected chi connectivity index (χ3v) is 3.81. The first-order valence-corrected chi connectivity index (χ1v) is 6.08. The van der Waals surface area contributed by atoms with Gasteiger partial charge in [-0.05, 0) is 17.7 Å². The molecule has 0 aromatic heterocycles. The molecule has 0 aliphatic carbocycles. The second-order valence-electron chi connectivity index (χ2n) is 3.43. The summed E-state index contributed by atoms with van der Waals surface area (Å²) in [5.41, 5.74) is 2.06. The summed E-state index contributed by atoms with van der Waals surface area (Å²) >= 11 is 0. The summed E-state index contributed by atoms with van der Waals surface area (Å²) in [5.74, 6) is 0.722. The number of rotatable bonds is 0. The van der Waals surface area contributed by atoms with Gasteiger partial charge in [-0.15, -0.1) is 17.0 Å². The van der Waals surface area contributed by atoms with Crippen molar-refractivity contribution in [3.8, 4) is 16.9 Å². The SMILES string of the molecule is Br.O=[PH]1Oc2ccccc2-c2ccccc21. The maximum absolute atomic E-state index is 11.8. The van der Waals surface area contributed by atoms with E-state index in [1.807, 2.05) is 48.5 Å². The fraction of sp³-hybridized carbons (Fsp3) is 0. The molecule has 82 valence electrons. The molecular weight excluding hydrogens is 287 g/mol. The van der Waals surface area contributed by atoms with E-state index < -0.39 is 8.03 Å². The maximum atomic E-state index is 11.8. The van der Waals surface area contributed by atoms with Crippen LogP contribution in [0.1, 0.15) is 0 Å². The van der Waals surface area contributed by atoms with Crippen LogP contribution in [0.2, 0.25) is 0 Å². The number of hydrogen-bond acceptors (Lipinski definition) is 2. The standard InChI is InChI=1S/C12H9O2P.BrH/c13-15-12-8-4-2-6-10(12)9-5-1-3-7-11(9)14-15;/h1-8,15H;1H. The van der Waals surface area contributed by atoms with E-state index in [1.54, 1.807) is 0 Å². The number of fused-ring (bicyclic) bond motifs is 3. The molecule has 1 aliphatic rings. The highest BCUT2D eigenvalue weighted by Gasteiger charge is 2.20. The number of para-hydroxylation sites is 1. The summed E-state index contributed by atoms with van der Waals surface area (Å²) in [7, 11) is -2.11. The van der Waals surface area contributed by atoms with Gasteiger partial charge in [0.2, 0.25) is 0 Å². The van der Waals surface area contributed by atoms with Crippen LogP contribution in [0.3, 0.4) is 0 Å². The van der Waals surface area contributed by atoms with Crippen molar-refractivity contribution in [1.82, 2.24) is 0 Å². The Hall–Kier alpha value is -1.05. The molecule has 0 spiro atoms. The molecule has 2 aromatic rings. The highest BCUT2D eigenvalue weighted by atomic mass is 79.9. The van der Waals surface area contributed by atoms with Crippen LogP contribution in [-0.4, -0.2) is 0 Å². The average molecular weight is 297 g/mol. The second-order valence-corrected chi connectivity index (χ2v) is 4.75. The molecule has 16 heavy (non-hydrogen) atoms. The number of benzene rings is 2. The second kappa shape index (κ2) is 4.44. The van der Waals surface area contributed by atoms with Crippen molar-refractivity contribution in [1.29, 1.82) is 0 Å². The highest BCUT2D eigenvalue weighted by molar-refractivity contribution is 8.93. The van der Waals surface area contributed by atoms with Crippen LogP contribution in [0.15, 0.2) is 48.5 Å². The van der Waals surface area contributed by atoms with E-state index in [-0.39, 0.29) is 17.0 Å². The zero-order chi connectivity index (χ0) is 10.3. The van der Waals surface area contributed by atoms with Gasteiger partial charge in [0.1, 0.15) is 5.75 Å².